The van der Waals surface area contributed by atoms with Crippen molar-refractivity contribution >= 4 is 21.4 Å². The molecule has 0 bridgehead atoms. The molecule has 7 nitrogen and oxygen atoms in total. The van der Waals surface area contributed by atoms with Crippen LogP contribution in [-0.2, 0) is 35.5 Å². The van der Waals surface area contributed by atoms with Crippen LogP contribution in [0.4, 0.5) is 28.0 Å². The Hall–Kier alpha value is -2.50. The molecule has 2 heterocycles. The van der Waals surface area contributed by atoms with Gasteiger partial charge in [-0.25, -0.2) is 13.4 Å². The first-order valence-corrected chi connectivity index (χ1v) is 11.2. The number of carbonyl (C=O) groups excluding carboxylic acids is 1. The minimum Gasteiger partial charge on any atom is -0.305 e. The fourth-order valence-electron chi connectivity index (χ4n) is 3.40. The molecule has 2 aromatic heterocycles. The third-order valence-electron chi connectivity index (χ3n) is 4.79. The Labute approximate surface area is 171 Å². The highest BCUT2D eigenvalue weighted by Gasteiger charge is 2.32. The minimum absolute atomic E-state index is 0.177. The standard InChI is InChI=1S/C18H21F4N5O2S/c1-4-27-9-12(19)16(25-27)30(3,29)26-17(28)24-15-10(2)14(8-18(20,21)22)23-13-7-5-6-11(13)15/h9H,4-8H2,1-3H3,(H,23,24,28). The van der Waals surface area contributed by atoms with Crippen molar-refractivity contribution in [1.82, 2.24) is 14.8 Å². The van der Waals surface area contributed by atoms with Crippen molar-refractivity contribution in [2.45, 2.75) is 57.3 Å². The van der Waals surface area contributed by atoms with E-state index in [2.05, 4.69) is 19.8 Å². The van der Waals surface area contributed by atoms with E-state index in [9.17, 15) is 26.6 Å². The zero-order chi connectivity index (χ0) is 22.3. The van der Waals surface area contributed by atoms with Gasteiger partial charge in [-0.05, 0) is 44.2 Å². The third kappa shape index (κ3) is 4.63. The van der Waals surface area contributed by atoms with Crippen molar-refractivity contribution in [2.75, 3.05) is 11.6 Å². The Morgan fingerprint density at radius 1 is 1.37 bits per heavy atom. The van der Waals surface area contributed by atoms with Crippen molar-refractivity contribution in [2.24, 2.45) is 4.36 Å². The van der Waals surface area contributed by atoms with E-state index >= 15 is 0 Å². The van der Waals surface area contributed by atoms with Crippen LogP contribution in [0.25, 0.3) is 0 Å². The van der Waals surface area contributed by atoms with Gasteiger partial charge >= 0.3 is 12.2 Å². The van der Waals surface area contributed by atoms with E-state index in [1.807, 2.05) is 0 Å². The van der Waals surface area contributed by atoms with Gasteiger partial charge in [0.2, 0.25) is 0 Å². The summed E-state index contributed by atoms with van der Waals surface area (Å²) >= 11 is 0. The molecule has 0 spiro atoms. The molecule has 1 N–H and O–H groups in total. The van der Waals surface area contributed by atoms with Crippen LogP contribution in [0.5, 0.6) is 0 Å². The average Bonchev–Trinajstić information content (AvgIpc) is 3.23. The molecule has 12 heteroatoms. The molecule has 30 heavy (non-hydrogen) atoms. The second-order valence-corrected chi connectivity index (χ2v) is 9.27. The number of anilines is 1. The molecule has 2 amide bonds. The minimum atomic E-state index is -4.45. The number of hydrogen-bond donors (Lipinski definition) is 1. The predicted molar refractivity (Wildman–Crippen MR) is 102 cm³/mol. The maximum absolute atomic E-state index is 14.1. The van der Waals surface area contributed by atoms with Gasteiger partial charge in [0.25, 0.3) is 0 Å². The Morgan fingerprint density at radius 2 is 2.07 bits per heavy atom. The molecule has 0 aliphatic heterocycles. The monoisotopic (exact) mass is 447 g/mol. The second kappa shape index (κ2) is 7.97. The average molecular weight is 447 g/mol. The van der Waals surface area contributed by atoms with Crippen LogP contribution in [-0.4, -0.2) is 37.4 Å². The number of hydrogen-bond acceptors (Lipinski definition) is 4. The van der Waals surface area contributed by atoms with Gasteiger partial charge in [0.15, 0.2) is 10.8 Å². The molecule has 2 aromatic rings. The normalized spacial score (nSPS) is 15.6. The van der Waals surface area contributed by atoms with Crippen LogP contribution in [0, 0.1) is 12.7 Å². The van der Waals surface area contributed by atoms with Crippen molar-refractivity contribution < 1.29 is 26.6 Å². The van der Waals surface area contributed by atoms with E-state index in [1.165, 1.54) is 11.6 Å². The lowest BCUT2D eigenvalue weighted by molar-refractivity contribution is -0.127. The summed E-state index contributed by atoms with van der Waals surface area (Å²) in [4.78, 5) is 16.6. The van der Waals surface area contributed by atoms with Gasteiger partial charge in [-0.1, -0.05) is 0 Å². The third-order valence-corrected chi connectivity index (χ3v) is 6.30. The summed E-state index contributed by atoms with van der Waals surface area (Å²) in [6.45, 7) is 3.49. The maximum Gasteiger partial charge on any atom is 0.394 e. The van der Waals surface area contributed by atoms with Gasteiger partial charge < -0.3 is 5.32 Å². The number of rotatable bonds is 4. The first-order chi connectivity index (χ1) is 13.9. The van der Waals surface area contributed by atoms with Crippen LogP contribution in [0.1, 0.15) is 35.9 Å². The van der Waals surface area contributed by atoms with Crippen LogP contribution in [0.15, 0.2) is 15.6 Å². The van der Waals surface area contributed by atoms with E-state index in [0.717, 1.165) is 12.5 Å². The Morgan fingerprint density at radius 3 is 2.67 bits per heavy atom. The molecule has 0 saturated heterocycles. The molecular formula is C18H21F4N5O2S. The van der Waals surface area contributed by atoms with E-state index in [0.29, 0.717) is 37.1 Å². The predicted octanol–water partition coefficient (Wildman–Crippen LogP) is 4.03. The van der Waals surface area contributed by atoms with Gasteiger partial charge in [-0.2, -0.15) is 18.3 Å². The van der Waals surface area contributed by atoms with Crippen molar-refractivity contribution in [3.05, 3.63) is 34.5 Å². The van der Waals surface area contributed by atoms with Crippen LogP contribution in [0.2, 0.25) is 0 Å². The number of pyridine rings is 1. The lowest BCUT2D eigenvalue weighted by Crippen LogP contribution is -2.18. The molecule has 0 radical (unpaired) electrons. The summed E-state index contributed by atoms with van der Waals surface area (Å²) in [6.07, 6.45) is -1.81. The number of aromatic nitrogens is 3. The van der Waals surface area contributed by atoms with Gasteiger partial charge in [0.1, 0.15) is 9.73 Å². The molecular weight excluding hydrogens is 426 g/mol. The van der Waals surface area contributed by atoms with Gasteiger partial charge in [-0.3, -0.25) is 9.67 Å². The number of halogens is 4. The zero-order valence-corrected chi connectivity index (χ0v) is 17.5. The molecule has 1 unspecified atom stereocenters. The lowest BCUT2D eigenvalue weighted by atomic mass is 10.0. The number of urea groups is 1. The fourth-order valence-corrected chi connectivity index (χ4v) is 4.52. The number of carbonyl (C=O) groups is 1. The SMILES string of the molecule is CCn1cc(F)c(S(C)(=O)=NC(=O)Nc2c(C)c(CC(F)(F)F)nc3c2CCC3)n1. The molecule has 0 saturated carbocycles. The number of fused-ring (bicyclic) bond motifs is 1. The van der Waals surface area contributed by atoms with Crippen molar-refractivity contribution in [1.29, 1.82) is 0 Å². The highest BCUT2D eigenvalue weighted by molar-refractivity contribution is 7.93. The van der Waals surface area contributed by atoms with Gasteiger partial charge in [0, 0.05) is 18.5 Å². The highest BCUT2D eigenvalue weighted by Crippen LogP contribution is 2.34. The molecule has 3 rings (SSSR count). The Bertz CT molecular complexity index is 1120. The number of nitrogens with one attached hydrogen (secondary N) is 1. The van der Waals surface area contributed by atoms with Gasteiger partial charge in [-0.15, -0.1) is 4.36 Å². The topological polar surface area (TPSA) is 89.2 Å². The summed E-state index contributed by atoms with van der Waals surface area (Å²) in [5.41, 5.74) is 1.34. The second-order valence-electron chi connectivity index (χ2n) is 7.09. The summed E-state index contributed by atoms with van der Waals surface area (Å²) in [5.74, 6) is -0.852. The number of nitrogens with zero attached hydrogens (tertiary/aromatic N) is 4. The molecule has 1 aliphatic carbocycles. The molecule has 0 aromatic carbocycles. The van der Waals surface area contributed by atoms with Crippen molar-refractivity contribution in [3.63, 3.8) is 0 Å². The van der Waals surface area contributed by atoms with Crippen LogP contribution in [0.3, 0.4) is 0 Å². The largest absolute Gasteiger partial charge is 0.394 e. The first kappa shape index (κ1) is 22.2. The van der Waals surface area contributed by atoms with E-state index in [-0.39, 0.29) is 16.9 Å². The summed E-state index contributed by atoms with van der Waals surface area (Å²) in [6, 6.07) is -1.05. The smallest absolute Gasteiger partial charge is 0.305 e. The fraction of sp³-hybridized carbons (Fsp3) is 0.500. The Kier molecular flexibility index (Phi) is 5.89. The van der Waals surface area contributed by atoms with Gasteiger partial charge in [0.05, 0.1) is 24.0 Å². The molecule has 0 fully saturated rings. The summed E-state index contributed by atoms with van der Waals surface area (Å²) < 4.78 is 70.4. The molecule has 1 aliphatic rings. The Balaban J connectivity index is 1.97. The molecule has 164 valence electrons. The summed E-state index contributed by atoms with van der Waals surface area (Å²) in [5, 5.41) is 5.85. The van der Waals surface area contributed by atoms with E-state index in [1.54, 1.807) is 6.92 Å². The maximum atomic E-state index is 14.1. The van der Waals surface area contributed by atoms with Crippen molar-refractivity contribution in [3.8, 4) is 0 Å². The first-order valence-electron chi connectivity index (χ1n) is 9.25. The van der Waals surface area contributed by atoms with Crippen LogP contribution < -0.4 is 5.32 Å². The quantitative estimate of drug-likeness (QED) is 0.717. The number of amides is 2. The number of alkyl halides is 3. The van der Waals surface area contributed by atoms with E-state index in [4.69, 9.17) is 0 Å². The summed E-state index contributed by atoms with van der Waals surface area (Å²) in [7, 11) is -3.51. The van der Waals surface area contributed by atoms with Crippen LogP contribution >= 0.6 is 0 Å². The molecule has 1 atom stereocenters. The zero-order valence-electron chi connectivity index (χ0n) is 16.6. The van der Waals surface area contributed by atoms with E-state index < -0.39 is 39.2 Å². The number of aryl methyl sites for hydroxylation is 2. The lowest BCUT2D eigenvalue weighted by Gasteiger charge is -2.17. The highest BCUT2D eigenvalue weighted by atomic mass is 32.2.